The fourth-order valence-corrected chi connectivity index (χ4v) is 18.1. The SMILES string of the molecule is CC1(NC(=O)c2cc3cc(Cl)ccc3[nH]2)CC1.Cn1cc(C2(NC(=O)c3cc4cc(Cl)ccc4[nH]3)CC2)cn1.O=C(NC1(c2ccc(F)cc2)CC1)c1cc2cc(Cl)ccc2[nH]1.O=C(NC1(c2ccccc2)COC1)c1cc2cc(Cl)ccc2[nH]1.O=C(NC1(c2ccn(-c3ccccc3)n2)CC1)c1cc2cc(Cl)ccc2[nH]1.O=C(NC1(c2nc(-c3ccccc3)no2)CC1)c1cc2cc(Cl)ccc2[nH]1. The lowest BCUT2D eigenvalue weighted by molar-refractivity contribution is -0.0734. The zero-order valence-electron chi connectivity index (χ0n) is 74.7. The minimum absolute atomic E-state index is 0.00598. The van der Waals surface area contributed by atoms with Gasteiger partial charge in [0.2, 0.25) is 5.82 Å². The van der Waals surface area contributed by atoms with Crippen molar-refractivity contribution in [2.75, 3.05) is 13.2 Å². The van der Waals surface area contributed by atoms with Crippen molar-refractivity contribution in [2.45, 2.75) is 104 Å². The molecule has 5 saturated carbocycles. The van der Waals surface area contributed by atoms with Gasteiger partial charge in [-0.2, -0.15) is 15.2 Å². The van der Waals surface area contributed by atoms with Gasteiger partial charge in [-0.05, 0) is 258 Å². The van der Waals surface area contributed by atoms with Crippen molar-refractivity contribution in [3.8, 4) is 17.1 Å². The van der Waals surface area contributed by atoms with Crippen LogP contribution in [0.4, 0.5) is 4.39 Å². The van der Waals surface area contributed by atoms with E-state index in [2.05, 4.69) is 84.0 Å². The normalized spacial score (nSPS) is 15.7. The van der Waals surface area contributed by atoms with Gasteiger partial charge in [0.1, 0.15) is 51.1 Å². The summed E-state index contributed by atoms with van der Waals surface area (Å²) < 4.78 is 27.5. The van der Waals surface area contributed by atoms with Gasteiger partial charge in [-0.15, -0.1) is 0 Å². The zero-order valence-corrected chi connectivity index (χ0v) is 79.3. The molecule has 0 atom stereocenters. The van der Waals surface area contributed by atoms with E-state index in [-0.39, 0.29) is 63.4 Å². The molecule has 9 aromatic heterocycles. The van der Waals surface area contributed by atoms with Gasteiger partial charge < -0.3 is 71.1 Å². The van der Waals surface area contributed by atoms with E-state index in [4.69, 9.17) is 84.0 Å². The van der Waals surface area contributed by atoms with Crippen LogP contribution in [0.1, 0.15) is 162 Å². The summed E-state index contributed by atoms with van der Waals surface area (Å²) in [6, 6.07) is 81.6. The van der Waals surface area contributed by atoms with Crippen molar-refractivity contribution in [3.63, 3.8) is 0 Å². The molecule has 0 radical (unpaired) electrons. The van der Waals surface area contributed by atoms with Crippen LogP contribution in [0.25, 0.3) is 82.5 Å². The Morgan fingerprint density at radius 1 is 0.367 bits per heavy atom. The number of hydrogen-bond acceptors (Lipinski definition) is 12. The van der Waals surface area contributed by atoms with Gasteiger partial charge in [0, 0.05) is 132 Å². The lowest BCUT2D eigenvalue weighted by Crippen LogP contribution is -2.59. The number of hydrogen-bond donors (Lipinski definition) is 12. The molecule has 19 aromatic rings. The highest BCUT2D eigenvalue weighted by Gasteiger charge is 2.53. The number of H-pyrrole nitrogens is 6. The number of aromatic nitrogens is 12. The fraction of sp³-hybridized carbons (Fsp3) is 0.189. The summed E-state index contributed by atoms with van der Waals surface area (Å²) in [6.07, 6.45) is 14.7. The number of rotatable bonds is 19. The van der Waals surface area contributed by atoms with Crippen molar-refractivity contribution in [3.05, 3.63) is 384 Å². The lowest BCUT2D eigenvalue weighted by Gasteiger charge is -2.42. The Bertz CT molecular complexity index is 7710. The second-order valence-electron chi connectivity index (χ2n) is 36.2. The maximum absolute atomic E-state index is 13.1. The van der Waals surface area contributed by atoms with Gasteiger partial charge in [0.15, 0.2) is 0 Å². The van der Waals surface area contributed by atoms with Gasteiger partial charge in [0.05, 0.1) is 47.4 Å². The van der Waals surface area contributed by atoms with E-state index in [0.717, 1.165) is 163 Å². The zero-order chi connectivity index (χ0) is 96.1. The molecule has 1 saturated heterocycles. The van der Waals surface area contributed by atoms with E-state index < -0.39 is 11.1 Å². The predicted octanol–water partition coefficient (Wildman–Crippen LogP) is 22.7. The molecule has 33 heteroatoms. The van der Waals surface area contributed by atoms with Gasteiger partial charge in [0.25, 0.3) is 41.3 Å². The average Bonchev–Trinajstić information content (AvgIpc) is 1.62. The second-order valence-corrected chi connectivity index (χ2v) is 38.8. The first-order valence-corrected chi connectivity index (χ1v) is 47.4. The minimum atomic E-state index is -0.591. The molecule has 1 aliphatic heterocycles. The number of nitrogens with zero attached hydrogens (tertiary/aromatic N) is 6. The molecule has 0 unspecified atom stereocenters. The molecule has 25 rings (SSSR count). The lowest BCUT2D eigenvalue weighted by atomic mass is 9.88. The van der Waals surface area contributed by atoms with Gasteiger partial charge in [-0.25, -0.2) is 9.07 Å². The van der Waals surface area contributed by atoms with E-state index in [9.17, 15) is 33.2 Å². The van der Waals surface area contributed by atoms with Crippen molar-refractivity contribution in [1.29, 1.82) is 0 Å². The molecule has 6 amide bonds. The maximum Gasteiger partial charge on any atom is 0.268 e. The number of nitrogens with one attached hydrogen (secondary N) is 12. The molecule has 0 spiro atoms. The molecule has 5 aliphatic carbocycles. The Morgan fingerprint density at radius 3 is 1.06 bits per heavy atom. The molecule has 10 heterocycles. The summed E-state index contributed by atoms with van der Waals surface area (Å²) in [4.78, 5) is 98.5. The fourth-order valence-electron chi connectivity index (χ4n) is 17.0. The quantitative estimate of drug-likeness (QED) is 0.0359. The third-order valence-corrected chi connectivity index (χ3v) is 27.2. The van der Waals surface area contributed by atoms with Crippen molar-refractivity contribution in [2.24, 2.45) is 7.05 Å². The number of amides is 6. The molecule has 139 heavy (non-hydrogen) atoms. The number of carbonyl (C=O) groups excluding carboxylic acids is 6. The van der Waals surface area contributed by atoms with Crippen LogP contribution >= 0.6 is 69.6 Å². The summed E-state index contributed by atoms with van der Waals surface area (Å²) >= 11 is 35.9. The number of carbonyl (C=O) groups is 6. The molecular weight excluding hydrogens is 1880 g/mol. The number of ether oxygens (including phenoxy) is 1. The number of aryl methyl sites for hydroxylation is 1. The molecule has 10 aromatic carbocycles. The largest absolute Gasteiger partial charge is 0.376 e. The molecule has 700 valence electrons. The molecule has 0 bridgehead atoms. The topological polar surface area (TPSA) is 353 Å². The van der Waals surface area contributed by atoms with Crippen molar-refractivity contribution >= 4 is 170 Å². The minimum Gasteiger partial charge on any atom is -0.376 e. The van der Waals surface area contributed by atoms with Crippen LogP contribution in [0.15, 0.2) is 290 Å². The summed E-state index contributed by atoms with van der Waals surface area (Å²) in [6.45, 7) is 3.02. The Kier molecular flexibility index (Phi) is 25.0. The highest BCUT2D eigenvalue weighted by Crippen LogP contribution is 2.49. The van der Waals surface area contributed by atoms with Gasteiger partial charge in [-0.3, -0.25) is 33.4 Å². The van der Waals surface area contributed by atoms with E-state index in [0.29, 0.717) is 89.2 Å². The molecule has 26 nitrogen and oxygen atoms in total. The van der Waals surface area contributed by atoms with Crippen molar-refractivity contribution in [1.82, 2.24) is 91.5 Å². The highest BCUT2D eigenvalue weighted by atomic mass is 35.5. The smallest absolute Gasteiger partial charge is 0.268 e. The van der Waals surface area contributed by atoms with E-state index >= 15 is 0 Å². The second kappa shape index (κ2) is 37.7. The van der Waals surface area contributed by atoms with E-state index in [1.165, 1.54) is 12.1 Å². The van der Waals surface area contributed by atoms with Crippen LogP contribution in [-0.4, -0.2) is 114 Å². The number of halogens is 7. The van der Waals surface area contributed by atoms with Crippen LogP contribution in [-0.2, 0) is 39.5 Å². The van der Waals surface area contributed by atoms with Crippen LogP contribution < -0.4 is 31.9 Å². The maximum atomic E-state index is 13.1. The first-order chi connectivity index (χ1) is 67.1. The summed E-state index contributed by atoms with van der Waals surface area (Å²) in [5.41, 5.74) is 12.3. The number of para-hydroxylation sites is 1. The van der Waals surface area contributed by atoms with Crippen LogP contribution in [0, 0.1) is 5.82 Å². The molecule has 6 fully saturated rings. The summed E-state index contributed by atoms with van der Waals surface area (Å²) in [5.74, 6) is -0.119. The first-order valence-electron chi connectivity index (χ1n) is 45.1. The van der Waals surface area contributed by atoms with Gasteiger partial charge in [-0.1, -0.05) is 166 Å². The molecule has 6 aliphatic rings. The number of benzene rings is 10. The Morgan fingerprint density at radius 2 is 0.705 bits per heavy atom. The number of aromatic amines is 6. The van der Waals surface area contributed by atoms with Crippen LogP contribution in [0.2, 0.25) is 30.1 Å². The standard InChI is InChI=1S/C21H17ClN4O.C20H15ClN4O2.C18H14ClFN2O.C18H15ClN2O2.C16H15ClN4O.C13H13ClN2O/c22-15-6-7-17-14(12-15)13-18(23-17)20(27)24-21(9-10-21)19-8-11-26(25-19)16-4-2-1-3-5-16;21-14-6-7-15-13(10-14)11-16(22-15)18(26)24-20(8-9-20)19-23-17(25-27-19)12-4-2-1-3-5-12;19-13-3-6-15-11(9-13)10-16(21-15)17(23)22-18(7-8-18)12-1-4-14(20)5-2-12;19-14-6-7-15-12(8-14)9-16(20-15)17(22)21-18(10-23-11-18)13-4-2-1-3-5-13;1-21-9-11(8-18-21)16(4-5-16)20-15(22)14-7-10-6-12(17)2-3-13(10)19-14;1-13(4-5-13)16-12(17)11-7-8-6-9(14)2-3-10(8)15-11/h1-8,11-13,23H,9-10H2,(H,24,27);1-7,10-11,22H,8-9H2,(H,24,26);1-6,9-10,21H,7-8H2,(H,22,23);1-9,20H,10-11H2,(H,21,22);2-3,6-9,19H,4-5H2,1H3,(H,20,22);2-3,6-7,15H,4-5H2,1H3,(H,16,17). The Balaban J connectivity index is 0.000000103. The Labute approximate surface area is 824 Å². The van der Waals surface area contributed by atoms with E-state index in [1.54, 1.807) is 59.3 Å². The highest BCUT2D eigenvalue weighted by molar-refractivity contribution is 6.33. The predicted molar refractivity (Wildman–Crippen MR) is 538 cm³/mol. The molecule has 12 N–H and O–H groups in total. The Hall–Kier alpha value is -14.6. The van der Waals surface area contributed by atoms with Crippen LogP contribution in [0.3, 0.4) is 0 Å². The third-order valence-electron chi connectivity index (χ3n) is 25.8. The average molecular weight is 1970 g/mol. The summed E-state index contributed by atoms with van der Waals surface area (Å²) in [7, 11) is 1.88. The summed E-state index contributed by atoms with van der Waals surface area (Å²) in [5, 5.41) is 40.9. The third kappa shape index (κ3) is 20.6. The number of fused-ring (bicyclic) bond motifs is 6. The monoisotopic (exact) mass is 1970 g/mol. The van der Waals surface area contributed by atoms with E-state index in [1.807, 2.05) is 231 Å². The van der Waals surface area contributed by atoms with Crippen molar-refractivity contribution < 1.29 is 42.4 Å². The first kappa shape index (κ1) is 92.2. The van der Waals surface area contributed by atoms with Crippen LogP contribution in [0.5, 0.6) is 0 Å². The van der Waals surface area contributed by atoms with Gasteiger partial charge >= 0.3 is 0 Å². The molecular formula is C106H89Cl6FN18O8.